The molecule has 2 heterocycles. The molecule has 0 atom stereocenters. The molecule has 11 aromatic rings. The molecular formula is C91H86N4. The summed E-state index contributed by atoms with van der Waals surface area (Å²) in [6.07, 6.45) is 5.54. The molecule has 0 bridgehead atoms. The number of fused-ring (bicyclic) bond motifs is 11. The highest BCUT2D eigenvalue weighted by Crippen LogP contribution is 2.64. The molecule has 95 heavy (non-hydrogen) atoms. The second kappa shape index (κ2) is 21.3. The van der Waals surface area contributed by atoms with Crippen LogP contribution in [0.4, 0.5) is 68.2 Å². The summed E-state index contributed by atoms with van der Waals surface area (Å²) >= 11 is 0. The quantitative estimate of drug-likeness (QED) is 0.128. The Hall–Kier alpha value is -9.90. The lowest BCUT2D eigenvalue weighted by atomic mass is 9.66. The standard InChI is InChI=1S/C91H86N4/c1-16-22-74-68(17-2)71-44-39-62(49-77(71)87(74,6)7)92(59-33-27-56(3)28-34-59)65-42-47-84-80(52-65)90(12,13)82-54-67(94(61-37-31-58(5)32-38-61)64-41-46-73-70-24-19-21-26-76(70)89(10,11)79(73)51-64)55-83-86(82)95(84)85-48-43-66(53-81(85)91(83,14)15)93(60-35-29-57(4)30-36-60)63-40-45-72-69-23-18-20-25-75(69)88(8,9)78(72)50-63/h16,18-55H,17H2,1-15H3/b22-16-. The summed E-state index contributed by atoms with van der Waals surface area (Å²) in [6, 6.07) is 86.9. The van der Waals surface area contributed by atoms with Crippen molar-refractivity contribution in [2.24, 2.45) is 0 Å². The predicted molar refractivity (Wildman–Crippen MR) is 404 cm³/mol. The van der Waals surface area contributed by atoms with Gasteiger partial charge in [-0.3, -0.25) is 0 Å². The summed E-state index contributed by atoms with van der Waals surface area (Å²) < 4.78 is 0. The van der Waals surface area contributed by atoms with Crippen molar-refractivity contribution in [3.63, 3.8) is 0 Å². The number of nitrogens with zero attached hydrogens (tertiary/aromatic N) is 4. The topological polar surface area (TPSA) is 13.0 Å². The zero-order valence-electron chi connectivity index (χ0n) is 58.0. The average Bonchev–Trinajstić information content (AvgIpc) is 1.61. The zero-order valence-corrected chi connectivity index (χ0v) is 58.0. The van der Waals surface area contributed by atoms with Gasteiger partial charge in [0.2, 0.25) is 0 Å². The Morgan fingerprint density at radius 3 is 1.00 bits per heavy atom. The van der Waals surface area contributed by atoms with Crippen LogP contribution in [0.25, 0.3) is 27.8 Å². The van der Waals surface area contributed by atoms with Gasteiger partial charge in [0.15, 0.2) is 0 Å². The van der Waals surface area contributed by atoms with E-state index in [1.807, 2.05) is 0 Å². The van der Waals surface area contributed by atoms with Crippen molar-refractivity contribution in [2.45, 2.75) is 137 Å². The SMILES string of the molecule is C/C=C\C1=C(CC)c2ccc(N(c3ccc(C)cc3)c3ccc4c(c3)C(C)(C)c3cc(N(c5ccc(C)cc5)c5ccc6c(c5)C(C)(C)c5ccccc5-6)cc5c3N4c3ccc(N(c4ccc(C)cc4)c4ccc6c(c4)C(C)(C)c4ccccc4-6)cc3C5(C)C)cc2C1(C)C. The van der Waals surface area contributed by atoms with Gasteiger partial charge in [0, 0.05) is 78.3 Å². The molecule has 0 saturated heterocycles. The molecule has 0 unspecified atom stereocenters. The number of allylic oxidation sites excluding steroid dienone is 4. The van der Waals surface area contributed by atoms with Crippen molar-refractivity contribution in [3.05, 3.63) is 315 Å². The minimum atomic E-state index is -0.487. The van der Waals surface area contributed by atoms with E-state index in [1.54, 1.807) is 0 Å². The smallest absolute Gasteiger partial charge is 0.0545 e. The number of hydrogen-bond acceptors (Lipinski definition) is 4. The Morgan fingerprint density at radius 1 is 0.305 bits per heavy atom. The van der Waals surface area contributed by atoms with Crippen LogP contribution >= 0.6 is 0 Å². The monoisotopic (exact) mass is 1230 g/mol. The lowest BCUT2D eigenvalue weighted by molar-refractivity contribution is 0.597. The molecule has 0 aromatic heterocycles. The van der Waals surface area contributed by atoms with Gasteiger partial charge < -0.3 is 19.6 Å². The van der Waals surface area contributed by atoms with Crippen LogP contribution in [0.2, 0.25) is 0 Å². The first-order valence-electron chi connectivity index (χ1n) is 34.4. The van der Waals surface area contributed by atoms with Crippen LogP contribution in [-0.2, 0) is 27.1 Å². The third-order valence-electron chi connectivity index (χ3n) is 22.7. The highest BCUT2D eigenvalue weighted by atomic mass is 15.2. The molecule has 0 spiro atoms. The van der Waals surface area contributed by atoms with Gasteiger partial charge in [-0.2, -0.15) is 0 Å². The van der Waals surface area contributed by atoms with Crippen LogP contribution in [-0.4, -0.2) is 0 Å². The summed E-state index contributed by atoms with van der Waals surface area (Å²) in [6.45, 7) is 35.3. The molecule has 0 fully saturated rings. The fourth-order valence-electron chi connectivity index (χ4n) is 17.4. The highest BCUT2D eigenvalue weighted by molar-refractivity contribution is 5.98. The van der Waals surface area contributed by atoms with E-state index in [1.165, 1.54) is 123 Å². The van der Waals surface area contributed by atoms with E-state index < -0.39 is 10.8 Å². The van der Waals surface area contributed by atoms with Crippen molar-refractivity contribution in [2.75, 3.05) is 19.6 Å². The minimum absolute atomic E-state index is 0.163. The number of aryl methyl sites for hydroxylation is 3. The maximum atomic E-state index is 2.65. The predicted octanol–water partition coefficient (Wildman–Crippen LogP) is 25.4. The van der Waals surface area contributed by atoms with Crippen LogP contribution in [0.3, 0.4) is 0 Å². The molecule has 4 nitrogen and oxygen atoms in total. The van der Waals surface area contributed by atoms with Crippen molar-refractivity contribution >= 4 is 73.8 Å². The Balaban J connectivity index is 0.928. The highest BCUT2D eigenvalue weighted by Gasteiger charge is 2.48. The van der Waals surface area contributed by atoms with Crippen LogP contribution in [0, 0.1) is 20.8 Å². The molecule has 0 radical (unpaired) electrons. The number of hydrogen-bond donors (Lipinski definition) is 0. The molecule has 2 aliphatic heterocycles. The largest absolute Gasteiger partial charge is 0.310 e. The molecule has 3 aliphatic carbocycles. The Labute approximate surface area is 564 Å². The molecule has 0 amide bonds. The summed E-state index contributed by atoms with van der Waals surface area (Å²) in [4.78, 5) is 10.2. The first-order valence-corrected chi connectivity index (χ1v) is 34.4. The molecule has 5 aliphatic rings. The van der Waals surface area contributed by atoms with Gasteiger partial charge in [-0.25, -0.2) is 0 Å². The van der Waals surface area contributed by atoms with Crippen LogP contribution in [0.1, 0.15) is 162 Å². The van der Waals surface area contributed by atoms with E-state index in [-0.39, 0.29) is 16.2 Å². The van der Waals surface area contributed by atoms with Crippen molar-refractivity contribution in [3.8, 4) is 22.3 Å². The van der Waals surface area contributed by atoms with E-state index in [9.17, 15) is 0 Å². The third kappa shape index (κ3) is 8.92. The van der Waals surface area contributed by atoms with E-state index in [0.717, 1.165) is 57.6 Å². The second-order valence-corrected chi connectivity index (χ2v) is 30.3. The summed E-state index contributed by atoms with van der Waals surface area (Å²) in [5, 5.41) is 0. The maximum Gasteiger partial charge on any atom is 0.0545 e. The van der Waals surface area contributed by atoms with Crippen LogP contribution < -0.4 is 19.6 Å². The first kappa shape index (κ1) is 60.1. The fourth-order valence-corrected chi connectivity index (χ4v) is 17.4. The zero-order chi connectivity index (χ0) is 66.0. The van der Waals surface area contributed by atoms with E-state index >= 15 is 0 Å². The average molecular weight is 1240 g/mol. The number of anilines is 12. The van der Waals surface area contributed by atoms with Crippen LogP contribution in [0.5, 0.6) is 0 Å². The molecule has 0 N–H and O–H groups in total. The lowest BCUT2D eigenvalue weighted by Crippen LogP contribution is -2.38. The first-order chi connectivity index (χ1) is 45.5. The third-order valence-corrected chi connectivity index (χ3v) is 22.7. The second-order valence-electron chi connectivity index (χ2n) is 30.3. The van der Waals surface area contributed by atoms with Crippen LogP contribution in [0.15, 0.2) is 242 Å². The minimum Gasteiger partial charge on any atom is -0.310 e. The molecule has 4 heteroatoms. The molecule has 0 saturated carbocycles. The summed E-state index contributed by atoms with van der Waals surface area (Å²) in [5.41, 5.74) is 37.5. The summed E-state index contributed by atoms with van der Waals surface area (Å²) in [7, 11) is 0. The van der Waals surface area contributed by atoms with E-state index in [2.05, 4.69) is 360 Å². The van der Waals surface area contributed by atoms with Gasteiger partial charge in [0.25, 0.3) is 0 Å². The Bertz CT molecular complexity index is 5060. The van der Waals surface area contributed by atoms with Gasteiger partial charge in [0.1, 0.15) is 0 Å². The van der Waals surface area contributed by atoms with Gasteiger partial charge in [-0.05, 0) is 244 Å². The van der Waals surface area contributed by atoms with Gasteiger partial charge in [-0.15, -0.1) is 0 Å². The molecule has 470 valence electrons. The molecule has 16 rings (SSSR count). The number of rotatable bonds is 11. The normalized spacial score (nSPS) is 16.3. The number of benzene rings is 11. The van der Waals surface area contributed by atoms with E-state index in [4.69, 9.17) is 0 Å². The van der Waals surface area contributed by atoms with Crippen molar-refractivity contribution in [1.82, 2.24) is 0 Å². The summed E-state index contributed by atoms with van der Waals surface area (Å²) in [5.74, 6) is 0. The van der Waals surface area contributed by atoms with Gasteiger partial charge in [0.05, 0.1) is 17.1 Å². The maximum absolute atomic E-state index is 2.65. The van der Waals surface area contributed by atoms with Gasteiger partial charge >= 0.3 is 0 Å². The Morgan fingerprint density at radius 2 is 0.611 bits per heavy atom. The van der Waals surface area contributed by atoms with Gasteiger partial charge in [-0.1, -0.05) is 208 Å². The van der Waals surface area contributed by atoms with Crippen molar-refractivity contribution < 1.29 is 0 Å². The van der Waals surface area contributed by atoms with Crippen molar-refractivity contribution in [1.29, 1.82) is 0 Å². The fraction of sp³-hybridized carbons (Fsp3) is 0.231. The molecular weight excluding hydrogens is 1150 g/mol. The molecule has 11 aromatic carbocycles. The Kier molecular flexibility index (Phi) is 13.5. The van der Waals surface area contributed by atoms with E-state index in [0.29, 0.717) is 0 Å². The lowest BCUT2D eigenvalue weighted by Gasteiger charge is -2.50.